The Morgan fingerprint density at radius 3 is 2.64 bits per heavy atom. The number of carbonyl (C=O) groups is 1. The number of carbonyl (C=O) groups excluding carboxylic acids is 1. The minimum Gasteiger partial charge on any atom is -0.496 e. The highest BCUT2D eigenvalue weighted by atomic mass is 16.5. The molecule has 0 aliphatic carbocycles. The molecule has 2 rings (SSSR count). The van der Waals surface area contributed by atoms with E-state index in [2.05, 4.69) is 44.0 Å². The summed E-state index contributed by atoms with van der Waals surface area (Å²) in [5.41, 5.74) is 2.52. The van der Waals surface area contributed by atoms with Crippen LogP contribution in [0.5, 0.6) is 5.75 Å². The highest BCUT2D eigenvalue weighted by Gasteiger charge is 2.29. The van der Waals surface area contributed by atoms with Crippen LogP contribution in [-0.4, -0.2) is 49.5 Å². The third-order valence-electron chi connectivity index (χ3n) is 4.39. The Balaban J connectivity index is 1.91. The average molecular weight is 304 g/mol. The van der Waals surface area contributed by atoms with Crippen LogP contribution in [0.15, 0.2) is 18.2 Å². The molecule has 1 saturated heterocycles. The van der Waals surface area contributed by atoms with Crippen molar-refractivity contribution in [2.75, 3.05) is 33.8 Å². The lowest BCUT2D eigenvalue weighted by Gasteiger charge is -2.40. The third kappa shape index (κ3) is 4.01. The zero-order valence-electron chi connectivity index (χ0n) is 14.4. The van der Waals surface area contributed by atoms with Crippen molar-refractivity contribution in [2.24, 2.45) is 5.92 Å². The van der Waals surface area contributed by atoms with Crippen molar-refractivity contribution in [1.29, 1.82) is 0 Å². The fourth-order valence-electron chi connectivity index (χ4n) is 2.99. The standard InChI is InChI=1S/C18H28N2O2/c1-13(2)16-6-7-17(18(8-16)22-5)12-19(4)9-15-10-20(11-15)14(3)21/h6-8,13,15H,9-12H2,1-5H3. The molecule has 1 heterocycles. The smallest absolute Gasteiger partial charge is 0.219 e. The van der Waals surface area contributed by atoms with Crippen molar-refractivity contribution in [3.63, 3.8) is 0 Å². The molecule has 0 saturated carbocycles. The van der Waals surface area contributed by atoms with E-state index in [0.717, 1.165) is 31.9 Å². The zero-order valence-corrected chi connectivity index (χ0v) is 14.4. The molecule has 0 aromatic heterocycles. The number of hydrogen-bond donors (Lipinski definition) is 0. The van der Waals surface area contributed by atoms with Gasteiger partial charge in [-0.15, -0.1) is 0 Å². The van der Waals surface area contributed by atoms with Gasteiger partial charge in [0.25, 0.3) is 0 Å². The number of amides is 1. The van der Waals surface area contributed by atoms with Gasteiger partial charge in [-0.3, -0.25) is 4.79 Å². The summed E-state index contributed by atoms with van der Waals surface area (Å²) in [5.74, 6) is 2.25. The number of benzene rings is 1. The Kier molecular flexibility index (Phi) is 5.46. The van der Waals surface area contributed by atoms with E-state index in [-0.39, 0.29) is 5.91 Å². The van der Waals surface area contributed by atoms with Crippen LogP contribution in [0.25, 0.3) is 0 Å². The molecule has 0 spiro atoms. The molecular weight excluding hydrogens is 276 g/mol. The molecular formula is C18H28N2O2. The number of hydrogen-bond acceptors (Lipinski definition) is 3. The van der Waals surface area contributed by atoms with E-state index < -0.39 is 0 Å². The Labute approximate surface area is 134 Å². The SMILES string of the molecule is COc1cc(C(C)C)ccc1CN(C)CC1CN(C(C)=O)C1. The number of nitrogens with zero attached hydrogens (tertiary/aromatic N) is 2. The molecule has 0 bridgehead atoms. The van der Waals surface area contributed by atoms with E-state index in [1.54, 1.807) is 14.0 Å². The van der Waals surface area contributed by atoms with Crippen LogP contribution < -0.4 is 4.74 Å². The molecule has 1 aliphatic heterocycles. The number of ether oxygens (including phenoxy) is 1. The van der Waals surface area contributed by atoms with Gasteiger partial charge in [0.2, 0.25) is 5.91 Å². The summed E-state index contributed by atoms with van der Waals surface area (Å²) < 4.78 is 5.55. The van der Waals surface area contributed by atoms with Crippen molar-refractivity contribution >= 4 is 5.91 Å². The van der Waals surface area contributed by atoms with Gasteiger partial charge in [0.05, 0.1) is 7.11 Å². The summed E-state index contributed by atoms with van der Waals surface area (Å²) >= 11 is 0. The van der Waals surface area contributed by atoms with Crippen LogP contribution in [0.1, 0.15) is 37.8 Å². The Morgan fingerprint density at radius 2 is 2.09 bits per heavy atom. The summed E-state index contributed by atoms with van der Waals surface area (Å²) in [4.78, 5) is 15.4. The Morgan fingerprint density at radius 1 is 1.41 bits per heavy atom. The lowest BCUT2D eigenvalue weighted by Crippen LogP contribution is -2.52. The number of methoxy groups -OCH3 is 1. The zero-order chi connectivity index (χ0) is 16.3. The lowest BCUT2D eigenvalue weighted by atomic mass is 9.98. The number of rotatable bonds is 6. The lowest BCUT2D eigenvalue weighted by molar-refractivity contribution is -0.135. The van der Waals surface area contributed by atoms with Gasteiger partial charge in [-0.25, -0.2) is 0 Å². The Bertz CT molecular complexity index is 522. The van der Waals surface area contributed by atoms with Crippen molar-refractivity contribution in [2.45, 2.75) is 33.2 Å². The van der Waals surface area contributed by atoms with Gasteiger partial charge >= 0.3 is 0 Å². The van der Waals surface area contributed by atoms with E-state index in [9.17, 15) is 4.79 Å². The molecule has 1 fully saturated rings. The minimum absolute atomic E-state index is 0.185. The van der Waals surface area contributed by atoms with E-state index in [1.165, 1.54) is 11.1 Å². The summed E-state index contributed by atoms with van der Waals surface area (Å²) in [6.07, 6.45) is 0. The van der Waals surface area contributed by atoms with Crippen molar-refractivity contribution in [3.8, 4) is 5.75 Å². The molecule has 4 nitrogen and oxygen atoms in total. The van der Waals surface area contributed by atoms with Gasteiger partial charge < -0.3 is 14.5 Å². The molecule has 1 aromatic rings. The van der Waals surface area contributed by atoms with Crippen molar-refractivity contribution < 1.29 is 9.53 Å². The predicted molar refractivity (Wildman–Crippen MR) is 89.2 cm³/mol. The fourth-order valence-corrected chi connectivity index (χ4v) is 2.99. The normalized spacial score (nSPS) is 15.3. The van der Waals surface area contributed by atoms with Crippen LogP contribution in [0, 0.1) is 5.92 Å². The molecule has 122 valence electrons. The van der Waals surface area contributed by atoms with Gasteiger partial charge in [0.15, 0.2) is 0 Å². The molecule has 0 unspecified atom stereocenters. The first-order valence-electron chi connectivity index (χ1n) is 8.01. The second-order valence-corrected chi connectivity index (χ2v) is 6.71. The maximum Gasteiger partial charge on any atom is 0.219 e. The molecule has 4 heteroatoms. The first-order chi connectivity index (χ1) is 10.4. The summed E-state index contributed by atoms with van der Waals surface area (Å²) in [5, 5.41) is 0. The monoisotopic (exact) mass is 304 g/mol. The third-order valence-corrected chi connectivity index (χ3v) is 4.39. The van der Waals surface area contributed by atoms with Crippen LogP contribution in [0.4, 0.5) is 0 Å². The van der Waals surface area contributed by atoms with E-state index in [0.29, 0.717) is 11.8 Å². The molecule has 0 N–H and O–H groups in total. The molecule has 1 amide bonds. The van der Waals surface area contributed by atoms with Crippen LogP contribution >= 0.6 is 0 Å². The summed E-state index contributed by atoms with van der Waals surface area (Å²) in [6.45, 7) is 9.69. The summed E-state index contributed by atoms with van der Waals surface area (Å²) in [7, 11) is 3.87. The molecule has 1 aromatic carbocycles. The van der Waals surface area contributed by atoms with Gasteiger partial charge in [0.1, 0.15) is 5.75 Å². The van der Waals surface area contributed by atoms with Crippen molar-refractivity contribution in [1.82, 2.24) is 9.80 Å². The molecule has 0 radical (unpaired) electrons. The maximum atomic E-state index is 11.2. The quantitative estimate of drug-likeness (QED) is 0.810. The van der Waals surface area contributed by atoms with Gasteiger partial charge in [-0.1, -0.05) is 26.0 Å². The fraction of sp³-hybridized carbons (Fsp3) is 0.611. The highest BCUT2D eigenvalue weighted by Crippen LogP contribution is 2.26. The highest BCUT2D eigenvalue weighted by molar-refractivity contribution is 5.74. The van der Waals surface area contributed by atoms with Crippen LogP contribution in [-0.2, 0) is 11.3 Å². The largest absolute Gasteiger partial charge is 0.496 e. The van der Waals surface area contributed by atoms with Gasteiger partial charge in [-0.05, 0) is 24.6 Å². The van der Waals surface area contributed by atoms with E-state index in [1.807, 2.05) is 4.90 Å². The van der Waals surface area contributed by atoms with Crippen LogP contribution in [0.2, 0.25) is 0 Å². The molecule has 0 atom stereocenters. The molecule has 22 heavy (non-hydrogen) atoms. The topological polar surface area (TPSA) is 32.8 Å². The first-order valence-corrected chi connectivity index (χ1v) is 8.01. The van der Waals surface area contributed by atoms with E-state index >= 15 is 0 Å². The second-order valence-electron chi connectivity index (χ2n) is 6.71. The van der Waals surface area contributed by atoms with Gasteiger partial charge in [-0.2, -0.15) is 0 Å². The predicted octanol–water partition coefficient (Wildman–Crippen LogP) is 2.73. The van der Waals surface area contributed by atoms with Gasteiger partial charge in [0, 0.05) is 44.6 Å². The van der Waals surface area contributed by atoms with E-state index in [4.69, 9.17) is 4.74 Å². The second kappa shape index (κ2) is 7.14. The van der Waals surface area contributed by atoms with Crippen molar-refractivity contribution in [3.05, 3.63) is 29.3 Å². The molecule has 1 aliphatic rings. The summed E-state index contributed by atoms with van der Waals surface area (Å²) in [6, 6.07) is 6.51. The minimum atomic E-state index is 0.185. The van der Waals surface area contributed by atoms with Crippen LogP contribution in [0.3, 0.4) is 0 Å². The first kappa shape index (κ1) is 16.8. The average Bonchev–Trinajstić information content (AvgIpc) is 2.42. The number of likely N-dealkylation sites (tertiary alicyclic amines) is 1. The Hall–Kier alpha value is -1.55. The maximum absolute atomic E-state index is 11.2.